The fourth-order valence-corrected chi connectivity index (χ4v) is 3.33. The summed E-state index contributed by atoms with van der Waals surface area (Å²) >= 11 is 0. The quantitative estimate of drug-likeness (QED) is 0.682. The summed E-state index contributed by atoms with van der Waals surface area (Å²) in [5.41, 5.74) is 0.837. The van der Waals surface area contributed by atoms with Gasteiger partial charge >= 0.3 is 0 Å². The molecule has 0 unspecified atom stereocenters. The van der Waals surface area contributed by atoms with E-state index in [9.17, 15) is 4.79 Å². The van der Waals surface area contributed by atoms with Gasteiger partial charge in [0.2, 0.25) is 0 Å². The van der Waals surface area contributed by atoms with Crippen LogP contribution in [0.4, 0.5) is 0 Å². The van der Waals surface area contributed by atoms with Crippen LogP contribution in [-0.2, 0) is 4.79 Å². The first-order valence-electron chi connectivity index (χ1n) is 7.65. The molecule has 0 N–H and O–H groups in total. The van der Waals surface area contributed by atoms with E-state index in [0.29, 0.717) is 5.78 Å². The Morgan fingerprint density at radius 2 is 1.78 bits per heavy atom. The van der Waals surface area contributed by atoms with E-state index in [1.165, 1.54) is 12.8 Å². The molecule has 104 valence electrons. The Kier molecular flexibility index (Phi) is 6.07. The summed E-state index contributed by atoms with van der Waals surface area (Å²) in [5, 5.41) is 0. The Bertz CT molecular complexity index is 298. The van der Waals surface area contributed by atoms with Gasteiger partial charge in [-0.25, -0.2) is 0 Å². The Morgan fingerprint density at radius 3 is 2.17 bits per heavy atom. The molecule has 0 fully saturated rings. The fraction of sp³-hybridized carbons (Fsp3) is 0.812. The monoisotopic (exact) mass is 251 g/mol. The van der Waals surface area contributed by atoms with Crippen LogP contribution in [0, 0.1) is 0 Å². The van der Waals surface area contributed by atoms with Crippen molar-refractivity contribution in [3.8, 4) is 0 Å². The highest BCUT2D eigenvalue weighted by atomic mass is 16.1. The number of hydrogen-bond donors (Lipinski definition) is 0. The largest absolute Gasteiger partial charge is 0.292 e. The van der Waals surface area contributed by atoms with Gasteiger partial charge in [0.25, 0.3) is 0 Å². The molecule has 0 radical (unpaired) electrons. The molecule has 1 aliphatic rings. The third-order valence-corrected chi connectivity index (χ3v) is 4.54. The number of hydrogen-bond acceptors (Lipinski definition) is 2. The molecule has 0 atom stereocenters. The van der Waals surface area contributed by atoms with Crippen molar-refractivity contribution in [1.29, 1.82) is 0 Å². The van der Waals surface area contributed by atoms with Gasteiger partial charge < -0.3 is 0 Å². The molecule has 0 aromatic heterocycles. The first kappa shape index (κ1) is 15.4. The second kappa shape index (κ2) is 7.08. The van der Waals surface area contributed by atoms with Gasteiger partial charge in [-0.15, -0.1) is 0 Å². The molecule has 0 spiro atoms. The van der Waals surface area contributed by atoms with E-state index in [-0.39, 0.29) is 5.54 Å². The maximum absolute atomic E-state index is 12.9. The minimum atomic E-state index is -0.257. The van der Waals surface area contributed by atoms with Gasteiger partial charge in [-0.2, -0.15) is 0 Å². The number of allylic oxidation sites excluding steroid dienone is 1. The van der Waals surface area contributed by atoms with Crippen molar-refractivity contribution in [2.45, 2.75) is 71.8 Å². The molecule has 0 aromatic carbocycles. The average molecular weight is 251 g/mol. The number of likely N-dealkylation sites (N-methyl/N-ethyl adjacent to an activating group) is 1. The van der Waals surface area contributed by atoms with Crippen LogP contribution in [0.25, 0.3) is 0 Å². The van der Waals surface area contributed by atoms with E-state index in [1.807, 2.05) is 0 Å². The van der Waals surface area contributed by atoms with Gasteiger partial charge in [-0.05, 0) is 57.2 Å². The van der Waals surface area contributed by atoms with Crippen LogP contribution in [0.2, 0.25) is 0 Å². The molecular weight excluding hydrogens is 222 g/mol. The van der Waals surface area contributed by atoms with E-state index in [2.05, 4.69) is 38.7 Å². The lowest BCUT2D eigenvalue weighted by Gasteiger charge is -2.41. The number of carbonyl (C=O) groups excluding carboxylic acids is 1. The van der Waals surface area contributed by atoms with Crippen molar-refractivity contribution in [2.24, 2.45) is 0 Å². The third-order valence-electron chi connectivity index (χ3n) is 4.54. The van der Waals surface area contributed by atoms with Crippen molar-refractivity contribution < 1.29 is 4.79 Å². The molecule has 0 heterocycles. The van der Waals surface area contributed by atoms with Crippen molar-refractivity contribution in [2.75, 3.05) is 13.1 Å². The van der Waals surface area contributed by atoms with Gasteiger partial charge in [-0.1, -0.05) is 33.8 Å². The van der Waals surface area contributed by atoms with E-state index >= 15 is 0 Å². The highest BCUT2D eigenvalue weighted by Crippen LogP contribution is 2.31. The number of nitrogens with zero attached hydrogens (tertiary/aromatic N) is 1. The van der Waals surface area contributed by atoms with Gasteiger partial charge in [0.1, 0.15) is 0 Å². The molecule has 0 aliphatic heterocycles. The summed E-state index contributed by atoms with van der Waals surface area (Å²) in [6.07, 6.45) is 8.52. The van der Waals surface area contributed by atoms with Crippen molar-refractivity contribution in [3.63, 3.8) is 0 Å². The molecule has 0 saturated heterocycles. The zero-order valence-corrected chi connectivity index (χ0v) is 12.6. The van der Waals surface area contributed by atoms with E-state index in [4.69, 9.17) is 0 Å². The van der Waals surface area contributed by atoms with Crippen molar-refractivity contribution in [3.05, 3.63) is 11.6 Å². The predicted molar refractivity (Wildman–Crippen MR) is 77.8 cm³/mol. The second-order valence-corrected chi connectivity index (χ2v) is 5.22. The molecular formula is C16H29NO. The highest BCUT2D eigenvalue weighted by Gasteiger charge is 2.40. The van der Waals surface area contributed by atoms with Gasteiger partial charge in [-0.3, -0.25) is 9.69 Å². The summed E-state index contributed by atoms with van der Waals surface area (Å²) in [7, 11) is 0. The molecule has 2 heteroatoms. The maximum atomic E-state index is 12.9. The second-order valence-electron chi connectivity index (χ2n) is 5.22. The van der Waals surface area contributed by atoms with Crippen LogP contribution in [0.1, 0.15) is 66.2 Å². The van der Waals surface area contributed by atoms with E-state index < -0.39 is 0 Å². The first-order chi connectivity index (χ1) is 8.66. The first-order valence-corrected chi connectivity index (χ1v) is 7.65. The number of ketones is 1. The summed E-state index contributed by atoms with van der Waals surface area (Å²) in [6.45, 7) is 10.5. The van der Waals surface area contributed by atoms with Crippen LogP contribution in [0.3, 0.4) is 0 Å². The molecule has 0 amide bonds. The predicted octanol–water partition coefficient (Wildman–Crippen LogP) is 3.96. The van der Waals surface area contributed by atoms with Crippen molar-refractivity contribution in [1.82, 2.24) is 4.90 Å². The molecule has 1 rings (SSSR count). The van der Waals surface area contributed by atoms with E-state index in [1.54, 1.807) is 0 Å². The third kappa shape index (κ3) is 2.85. The van der Waals surface area contributed by atoms with Gasteiger partial charge in [0.15, 0.2) is 5.78 Å². The minimum Gasteiger partial charge on any atom is -0.292 e. The van der Waals surface area contributed by atoms with Gasteiger partial charge in [0.05, 0.1) is 5.54 Å². The Balaban J connectivity index is 3.02. The molecule has 18 heavy (non-hydrogen) atoms. The molecule has 0 aromatic rings. The summed E-state index contributed by atoms with van der Waals surface area (Å²) in [5.74, 6) is 0.399. The smallest absolute Gasteiger partial charge is 0.178 e. The Hall–Kier alpha value is -0.630. The molecule has 2 nitrogen and oxygen atoms in total. The summed E-state index contributed by atoms with van der Waals surface area (Å²) in [4.78, 5) is 15.3. The standard InChI is InChI=1S/C16H29NO/c1-5-16(6-2,17(7-3)8-4)15(18)14-12-10-9-11-13-14/h12H,5-11,13H2,1-4H3. The lowest BCUT2D eigenvalue weighted by Crippen LogP contribution is -2.54. The van der Waals surface area contributed by atoms with Crippen LogP contribution >= 0.6 is 0 Å². The Morgan fingerprint density at radius 1 is 1.17 bits per heavy atom. The zero-order valence-electron chi connectivity index (χ0n) is 12.6. The fourth-order valence-electron chi connectivity index (χ4n) is 3.33. The number of rotatable bonds is 7. The van der Waals surface area contributed by atoms with Crippen LogP contribution in [-0.4, -0.2) is 29.3 Å². The average Bonchev–Trinajstić information content (AvgIpc) is 2.45. The summed E-state index contributed by atoms with van der Waals surface area (Å²) < 4.78 is 0. The van der Waals surface area contributed by atoms with Gasteiger partial charge in [0, 0.05) is 0 Å². The lowest BCUT2D eigenvalue weighted by atomic mass is 9.79. The number of Topliss-reactive ketones (excluding diaryl/α,β-unsaturated/α-hetero) is 1. The zero-order chi connectivity index (χ0) is 13.6. The normalized spacial score (nSPS) is 16.8. The highest BCUT2D eigenvalue weighted by molar-refractivity contribution is 6.02. The molecule has 0 saturated carbocycles. The number of carbonyl (C=O) groups is 1. The molecule has 1 aliphatic carbocycles. The minimum absolute atomic E-state index is 0.257. The lowest BCUT2D eigenvalue weighted by molar-refractivity contribution is -0.128. The summed E-state index contributed by atoms with van der Waals surface area (Å²) in [6, 6.07) is 0. The van der Waals surface area contributed by atoms with Crippen LogP contribution in [0.15, 0.2) is 11.6 Å². The van der Waals surface area contributed by atoms with E-state index in [0.717, 1.165) is 44.3 Å². The topological polar surface area (TPSA) is 20.3 Å². The van der Waals surface area contributed by atoms with Crippen LogP contribution < -0.4 is 0 Å². The molecule has 0 bridgehead atoms. The maximum Gasteiger partial charge on any atom is 0.178 e. The SMILES string of the molecule is CCN(CC)C(CC)(CC)C(=O)C1=CCCCC1. The van der Waals surface area contributed by atoms with Crippen molar-refractivity contribution >= 4 is 5.78 Å². The van der Waals surface area contributed by atoms with Crippen LogP contribution in [0.5, 0.6) is 0 Å². The Labute approximate surface area is 112 Å².